The maximum atomic E-state index is 13.2. The lowest BCUT2D eigenvalue weighted by Gasteiger charge is -2.29. The van der Waals surface area contributed by atoms with E-state index in [1.807, 2.05) is 37.6 Å². The fourth-order valence-corrected chi connectivity index (χ4v) is 4.31. The minimum Gasteiger partial charge on any atom is -0.342 e. The Morgan fingerprint density at radius 2 is 2.00 bits per heavy atom. The molecule has 154 valence electrons. The molecule has 0 spiro atoms. The van der Waals surface area contributed by atoms with E-state index in [2.05, 4.69) is 10.3 Å². The Balaban J connectivity index is 1.53. The quantitative estimate of drug-likeness (QED) is 0.683. The van der Waals surface area contributed by atoms with Crippen molar-refractivity contribution < 1.29 is 14.0 Å². The van der Waals surface area contributed by atoms with Crippen molar-refractivity contribution in [2.45, 2.75) is 19.4 Å². The van der Waals surface area contributed by atoms with Crippen molar-refractivity contribution in [3.8, 4) is 11.3 Å². The minimum atomic E-state index is -0.295. The van der Waals surface area contributed by atoms with E-state index in [4.69, 9.17) is 0 Å². The van der Waals surface area contributed by atoms with Crippen molar-refractivity contribution >= 4 is 39.7 Å². The van der Waals surface area contributed by atoms with Gasteiger partial charge in [0.2, 0.25) is 11.8 Å². The number of hydrogen-bond acceptors (Lipinski definition) is 5. The lowest BCUT2D eigenvalue weighted by Crippen LogP contribution is -2.44. The summed E-state index contributed by atoms with van der Waals surface area (Å²) in [6, 6.07) is 13.2. The predicted octanol–water partition coefficient (Wildman–Crippen LogP) is 4.15. The highest BCUT2D eigenvalue weighted by molar-refractivity contribution is 7.14. The molecule has 1 N–H and O–H groups in total. The normalized spacial score (nSPS) is 15.9. The summed E-state index contributed by atoms with van der Waals surface area (Å²) in [4.78, 5) is 33.4. The first-order chi connectivity index (χ1) is 14.4. The summed E-state index contributed by atoms with van der Waals surface area (Å²) in [5.74, 6) is -0.522. The van der Waals surface area contributed by atoms with E-state index >= 15 is 0 Å². The molecule has 1 unspecified atom stereocenters. The van der Waals surface area contributed by atoms with E-state index < -0.39 is 0 Å². The van der Waals surface area contributed by atoms with Crippen LogP contribution in [0.25, 0.3) is 11.3 Å². The first-order valence-corrected chi connectivity index (χ1v) is 10.4. The smallest absolute Gasteiger partial charge is 0.246 e. The van der Waals surface area contributed by atoms with Crippen molar-refractivity contribution in [1.29, 1.82) is 0 Å². The molecule has 2 heterocycles. The molecule has 2 aromatic carbocycles. The van der Waals surface area contributed by atoms with E-state index in [-0.39, 0.29) is 36.6 Å². The number of thiazole rings is 1. The second-order valence-corrected chi connectivity index (χ2v) is 8.10. The lowest BCUT2D eigenvalue weighted by molar-refractivity contribution is -0.118. The van der Waals surface area contributed by atoms with Gasteiger partial charge in [0.15, 0.2) is 5.13 Å². The number of nitrogens with zero attached hydrogens (tertiary/aromatic N) is 3. The Morgan fingerprint density at radius 3 is 2.77 bits per heavy atom. The van der Waals surface area contributed by atoms with Gasteiger partial charge in [0.25, 0.3) is 0 Å². The number of carbonyl (C=O) groups is 2. The third-order valence-corrected chi connectivity index (χ3v) is 5.91. The van der Waals surface area contributed by atoms with Crippen LogP contribution in [0.2, 0.25) is 0 Å². The van der Waals surface area contributed by atoms with E-state index in [1.165, 1.54) is 23.5 Å². The van der Waals surface area contributed by atoms with Crippen LogP contribution >= 0.6 is 11.3 Å². The van der Waals surface area contributed by atoms with Gasteiger partial charge in [0.05, 0.1) is 23.6 Å². The number of hydrogen-bond donors (Lipinski definition) is 1. The van der Waals surface area contributed by atoms with E-state index in [1.54, 1.807) is 28.0 Å². The fraction of sp³-hybridized carbons (Fsp3) is 0.227. The van der Waals surface area contributed by atoms with Crippen molar-refractivity contribution in [3.63, 3.8) is 0 Å². The van der Waals surface area contributed by atoms with Crippen molar-refractivity contribution in [3.05, 3.63) is 59.7 Å². The molecule has 0 aliphatic carbocycles. The van der Waals surface area contributed by atoms with Gasteiger partial charge >= 0.3 is 0 Å². The first kappa shape index (κ1) is 20.0. The van der Waals surface area contributed by atoms with Crippen LogP contribution in [0, 0.1) is 5.82 Å². The summed E-state index contributed by atoms with van der Waals surface area (Å²) in [7, 11) is 1.81. The highest BCUT2D eigenvalue weighted by Crippen LogP contribution is 2.32. The molecule has 1 atom stereocenters. The predicted molar refractivity (Wildman–Crippen MR) is 117 cm³/mol. The molecule has 0 bridgehead atoms. The van der Waals surface area contributed by atoms with Crippen LogP contribution in [0.3, 0.4) is 0 Å². The second-order valence-electron chi connectivity index (χ2n) is 7.26. The van der Waals surface area contributed by atoms with Gasteiger partial charge in [-0.3, -0.25) is 9.59 Å². The van der Waals surface area contributed by atoms with Crippen LogP contribution in [0.1, 0.15) is 13.3 Å². The van der Waals surface area contributed by atoms with Gasteiger partial charge in [-0.1, -0.05) is 12.1 Å². The highest BCUT2D eigenvalue weighted by Gasteiger charge is 2.30. The zero-order valence-corrected chi connectivity index (χ0v) is 17.4. The molecule has 6 nitrogen and oxygen atoms in total. The molecule has 3 aromatic rings. The number of nitrogens with one attached hydrogen (secondary N) is 1. The molecule has 1 aliphatic heterocycles. The maximum absolute atomic E-state index is 13.2. The molecule has 0 saturated carbocycles. The number of anilines is 3. The summed E-state index contributed by atoms with van der Waals surface area (Å²) in [5, 5.41) is 5.44. The molecule has 0 saturated heterocycles. The second kappa shape index (κ2) is 8.23. The lowest BCUT2D eigenvalue weighted by atomic mass is 10.1. The number of halogens is 1. The third kappa shape index (κ3) is 4.04. The molecular weight excluding hydrogens is 403 g/mol. The number of rotatable bonds is 4. The fourth-order valence-electron chi connectivity index (χ4n) is 3.51. The standard InChI is InChI=1S/C22H21FN4O2S/c1-14-11-20(28)24-17-5-3-4-6-19(17)27(14)21(29)12-26(2)22-25-18(13-30-22)15-7-9-16(23)10-8-15/h3-10,13-14H,11-12H2,1-2H3,(H,24,28). The van der Waals surface area contributed by atoms with Crippen molar-refractivity contribution in [2.24, 2.45) is 0 Å². The van der Waals surface area contributed by atoms with Crippen LogP contribution in [-0.2, 0) is 9.59 Å². The molecule has 1 aliphatic rings. The van der Waals surface area contributed by atoms with Crippen LogP contribution in [0.4, 0.5) is 20.9 Å². The van der Waals surface area contributed by atoms with Gasteiger partial charge in [-0.05, 0) is 43.3 Å². The zero-order chi connectivity index (χ0) is 21.3. The Hall–Kier alpha value is -3.26. The maximum Gasteiger partial charge on any atom is 0.246 e. The number of para-hydroxylation sites is 2. The van der Waals surface area contributed by atoms with Crippen LogP contribution in [0.15, 0.2) is 53.9 Å². The average molecular weight is 425 g/mol. The topological polar surface area (TPSA) is 65.5 Å². The van der Waals surface area contributed by atoms with E-state index in [0.29, 0.717) is 16.5 Å². The SMILES string of the molecule is CC1CC(=O)Nc2ccccc2N1C(=O)CN(C)c1nc(-c2ccc(F)cc2)cs1. The summed E-state index contributed by atoms with van der Waals surface area (Å²) >= 11 is 1.42. The number of carbonyl (C=O) groups excluding carboxylic acids is 2. The molecule has 8 heteroatoms. The minimum absolute atomic E-state index is 0.109. The summed E-state index contributed by atoms with van der Waals surface area (Å²) < 4.78 is 13.2. The number of benzene rings is 2. The summed E-state index contributed by atoms with van der Waals surface area (Å²) in [5.41, 5.74) is 2.88. The third-order valence-electron chi connectivity index (χ3n) is 4.96. The first-order valence-electron chi connectivity index (χ1n) is 9.56. The van der Waals surface area contributed by atoms with Gasteiger partial charge in [0.1, 0.15) is 5.82 Å². The van der Waals surface area contributed by atoms with Gasteiger partial charge in [0, 0.05) is 30.5 Å². The van der Waals surface area contributed by atoms with E-state index in [9.17, 15) is 14.0 Å². The molecule has 0 fully saturated rings. The molecular formula is C22H21FN4O2S. The molecule has 2 amide bonds. The Bertz CT molecular complexity index is 1080. The zero-order valence-electron chi connectivity index (χ0n) is 16.6. The Kier molecular flexibility index (Phi) is 5.50. The molecule has 4 rings (SSSR count). The van der Waals surface area contributed by atoms with Crippen LogP contribution < -0.4 is 15.1 Å². The highest BCUT2D eigenvalue weighted by atomic mass is 32.1. The number of aromatic nitrogens is 1. The van der Waals surface area contributed by atoms with E-state index in [0.717, 1.165) is 11.3 Å². The number of amides is 2. The van der Waals surface area contributed by atoms with Gasteiger partial charge in [-0.25, -0.2) is 9.37 Å². The van der Waals surface area contributed by atoms with Gasteiger partial charge in [-0.15, -0.1) is 11.3 Å². The van der Waals surface area contributed by atoms with Crippen molar-refractivity contribution in [2.75, 3.05) is 28.7 Å². The molecule has 30 heavy (non-hydrogen) atoms. The number of likely N-dealkylation sites (N-methyl/N-ethyl adjacent to an activating group) is 1. The summed E-state index contributed by atoms with van der Waals surface area (Å²) in [6.07, 6.45) is 0.232. The Labute approximate surface area is 178 Å². The van der Waals surface area contributed by atoms with Crippen LogP contribution in [0.5, 0.6) is 0 Å². The van der Waals surface area contributed by atoms with Crippen LogP contribution in [-0.4, -0.2) is 36.4 Å². The molecule has 1 aromatic heterocycles. The number of fused-ring (bicyclic) bond motifs is 1. The largest absolute Gasteiger partial charge is 0.342 e. The average Bonchev–Trinajstić information content (AvgIpc) is 3.15. The van der Waals surface area contributed by atoms with Gasteiger partial charge in [-0.2, -0.15) is 0 Å². The van der Waals surface area contributed by atoms with Crippen molar-refractivity contribution in [1.82, 2.24) is 4.98 Å². The summed E-state index contributed by atoms with van der Waals surface area (Å²) in [6.45, 7) is 1.98. The molecule has 0 radical (unpaired) electrons. The monoisotopic (exact) mass is 424 g/mol. The van der Waals surface area contributed by atoms with Gasteiger partial charge < -0.3 is 15.1 Å². The Morgan fingerprint density at radius 1 is 1.27 bits per heavy atom.